The summed E-state index contributed by atoms with van der Waals surface area (Å²) in [6.45, 7) is 1.83. The Morgan fingerprint density at radius 3 is 2.71 bits per heavy atom. The van der Waals surface area contributed by atoms with Crippen LogP contribution in [0, 0.1) is 6.92 Å². The molecule has 1 N–H and O–H groups in total. The minimum Gasteiger partial charge on any atom is -0.440 e. The van der Waals surface area contributed by atoms with Crippen molar-refractivity contribution in [2.24, 2.45) is 0 Å². The van der Waals surface area contributed by atoms with Crippen LogP contribution in [-0.2, 0) is 11.2 Å². The minimum atomic E-state index is -0.159. The first-order chi connectivity index (χ1) is 13.6. The molecule has 0 bridgehead atoms. The standard InChI is InChI=1S/C20H17N3O2S3/c1-12-15(21-19(25-12)17-4-3-9-27-17)10-18(24)23-20-22-16(11-28-20)13-5-7-14(26-2)8-6-13/h3-9,11H,10H2,1-2H3,(H,22,23,24). The highest BCUT2D eigenvalue weighted by Crippen LogP contribution is 2.28. The van der Waals surface area contributed by atoms with E-state index in [0.717, 1.165) is 16.1 Å². The number of benzene rings is 1. The Balaban J connectivity index is 1.42. The summed E-state index contributed by atoms with van der Waals surface area (Å²) in [6.07, 6.45) is 2.20. The van der Waals surface area contributed by atoms with E-state index >= 15 is 0 Å². The van der Waals surface area contributed by atoms with Gasteiger partial charge in [0, 0.05) is 15.8 Å². The highest BCUT2D eigenvalue weighted by Gasteiger charge is 2.16. The number of rotatable bonds is 6. The molecule has 3 heterocycles. The third-order valence-corrected chi connectivity index (χ3v) is 6.45. The zero-order valence-corrected chi connectivity index (χ0v) is 17.7. The summed E-state index contributed by atoms with van der Waals surface area (Å²) >= 11 is 4.67. The molecule has 0 fully saturated rings. The molecular weight excluding hydrogens is 410 g/mol. The van der Waals surface area contributed by atoms with E-state index in [2.05, 4.69) is 27.4 Å². The molecule has 1 aromatic carbocycles. The average molecular weight is 428 g/mol. The van der Waals surface area contributed by atoms with Gasteiger partial charge in [-0.05, 0) is 36.8 Å². The maximum atomic E-state index is 12.4. The number of hydrogen-bond acceptors (Lipinski definition) is 7. The first-order valence-electron chi connectivity index (χ1n) is 8.52. The zero-order valence-electron chi connectivity index (χ0n) is 15.3. The van der Waals surface area contributed by atoms with E-state index in [0.29, 0.717) is 22.5 Å². The molecule has 0 aliphatic carbocycles. The third-order valence-electron chi connectivity index (χ3n) is 4.09. The molecule has 142 valence electrons. The smallest absolute Gasteiger partial charge is 0.236 e. The highest BCUT2D eigenvalue weighted by atomic mass is 32.2. The zero-order chi connectivity index (χ0) is 19.5. The number of thioether (sulfide) groups is 1. The molecule has 1 amide bonds. The van der Waals surface area contributed by atoms with Crippen LogP contribution in [0.4, 0.5) is 5.13 Å². The summed E-state index contributed by atoms with van der Waals surface area (Å²) in [5.41, 5.74) is 2.53. The van der Waals surface area contributed by atoms with Crippen LogP contribution in [-0.4, -0.2) is 22.1 Å². The van der Waals surface area contributed by atoms with Gasteiger partial charge in [0.05, 0.1) is 22.7 Å². The first-order valence-corrected chi connectivity index (χ1v) is 11.5. The van der Waals surface area contributed by atoms with Crippen LogP contribution in [0.1, 0.15) is 11.5 Å². The van der Waals surface area contributed by atoms with Gasteiger partial charge in [0.15, 0.2) is 5.13 Å². The summed E-state index contributed by atoms with van der Waals surface area (Å²) in [5, 5.41) is 7.35. The molecule has 0 aliphatic heterocycles. The number of nitrogens with one attached hydrogen (secondary N) is 1. The molecule has 28 heavy (non-hydrogen) atoms. The fraction of sp³-hybridized carbons (Fsp3) is 0.150. The Morgan fingerprint density at radius 1 is 1.18 bits per heavy atom. The van der Waals surface area contributed by atoms with Gasteiger partial charge in [0.1, 0.15) is 5.76 Å². The second-order valence-corrected chi connectivity index (χ2v) is 8.68. The molecule has 3 aromatic heterocycles. The topological polar surface area (TPSA) is 68.0 Å². The van der Waals surface area contributed by atoms with E-state index in [1.807, 2.05) is 48.2 Å². The lowest BCUT2D eigenvalue weighted by Crippen LogP contribution is -2.15. The highest BCUT2D eigenvalue weighted by molar-refractivity contribution is 7.98. The van der Waals surface area contributed by atoms with Gasteiger partial charge in [-0.1, -0.05) is 18.2 Å². The van der Waals surface area contributed by atoms with Gasteiger partial charge in [-0.3, -0.25) is 4.79 Å². The number of aromatic nitrogens is 2. The second-order valence-electron chi connectivity index (χ2n) is 5.99. The van der Waals surface area contributed by atoms with Crippen molar-refractivity contribution < 1.29 is 9.21 Å². The molecule has 8 heteroatoms. The van der Waals surface area contributed by atoms with Gasteiger partial charge in [0.2, 0.25) is 11.8 Å². The van der Waals surface area contributed by atoms with Crippen molar-refractivity contribution >= 4 is 45.5 Å². The molecule has 5 nitrogen and oxygen atoms in total. The summed E-state index contributed by atoms with van der Waals surface area (Å²) in [5.74, 6) is 1.06. The number of amides is 1. The fourth-order valence-electron chi connectivity index (χ4n) is 2.64. The van der Waals surface area contributed by atoms with E-state index in [4.69, 9.17) is 4.42 Å². The Labute approximate surface area is 174 Å². The Kier molecular flexibility index (Phi) is 5.61. The van der Waals surface area contributed by atoms with E-state index in [1.54, 1.807) is 23.1 Å². The lowest BCUT2D eigenvalue weighted by atomic mass is 10.2. The fourth-order valence-corrected chi connectivity index (χ4v) is 4.43. The van der Waals surface area contributed by atoms with Crippen molar-refractivity contribution in [3.8, 4) is 22.0 Å². The predicted octanol–water partition coefficient (Wildman–Crippen LogP) is 5.74. The molecule has 0 atom stereocenters. The number of anilines is 1. The molecule has 4 rings (SSSR count). The Morgan fingerprint density at radius 2 is 2.00 bits per heavy atom. The lowest BCUT2D eigenvalue weighted by molar-refractivity contribution is -0.115. The van der Waals surface area contributed by atoms with Crippen molar-refractivity contribution in [1.82, 2.24) is 9.97 Å². The quantitative estimate of drug-likeness (QED) is 0.398. The van der Waals surface area contributed by atoms with Gasteiger partial charge in [-0.2, -0.15) is 0 Å². The third kappa shape index (κ3) is 4.19. The number of hydrogen-bond donors (Lipinski definition) is 1. The number of nitrogens with zero attached hydrogens (tertiary/aromatic N) is 2. The van der Waals surface area contributed by atoms with Crippen molar-refractivity contribution in [2.75, 3.05) is 11.6 Å². The molecule has 0 aliphatic rings. The summed E-state index contributed by atoms with van der Waals surface area (Å²) < 4.78 is 5.70. The molecule has 0 unspecified atom stereocenters. The number of thiazole rings is 1. The van der Waals surface area contributed by atoms with Gasteiger partial charge in [-0.15, -0.1) is 34.4 Å². The van der Waals surface area contributed by atoms with Crippen LogP contribution in [0.25, 0.3) is 22.0 Å². The van der Waals surface area contributed by atoms with Crippen molar-refractivity contribution in [3.63, 3.8) is 0 Å². The SMILES string of the molecule is CSc1ccc(-c2csc(NC(=O)Cc3nc(-c4cccs4)oc3C)n2)cc1. The monoisotopic (exact) mass is 427 g/mol. The second kappa shape index (κ2) is 8.30. The van der Waals surface area contributed by atoms with Crippen LogP contribution in [0.3, 0.4) is 0 Å². The average Bonchev–Trinajstić information content (AvgIpc) is 3.44. The molecule has 0 saturated carbocycles. The Hall–Kier alpha value is -2.42. The van der Waals surface area contributed by atoms with Crippen molar-refractivity contribution in [1.29, 1.82) is 0 Å². The van der Waals surface area contributed by atoms with Gasteiger partial charge < -0.3 is 9.73 Å². The van der Waals surface area contributed by atoms with Gasteiger partial charge in [0.25, 0.3) is 0 Å². The molecule has 0 radical (unpaired) electrons. The van der Waals surface area contributed by atoms with Gasteiger partial charge >= 0.3 is 0 Å². The predicted molar refractivity (Wildman–Crippen MR) is 116 cm³/mol. The molecule has 0 saturated heterocycles. The molecule has 4 aromatic rings. The Bertz CT molecular complexity index is 1080. The van der Waals surface area contributed by atoms with E-state index < -0.39 is 0 Å². The summed E-state index contributed by atoms with van der Waals surface area (Å²) in [4.78, 5) is 23.6. The number of carbonyl (C=O) groups is 1. The number of carbonyl (C=O) groups excluding carboxylic acids is 1. The first kappa shape index (κ1) is 18.9. The van der Waals surface area contributed by atoms with Crippen LogP contribution < -0.4 is 5.32 Å². The lowest BCUT2D eigenvalue weighted by Gasteiger charge is -2.00. The van der Waals surface area contributed by atoms with Gasteiger partial charge in [-0.25, -0.2) is 9.97 Å². The van der Waals surface area contributed by atoms with Crippen LogP contribution in [0.2, 0.25) is 0 Å². The van der Waals surface area contributed by atoms with Crippen LogP contribution >= 0.6 is 34.4 Å². The van der Waals surface area contributed by atoms with Crippen molar-refractivity contribution in [2.45, 2.75) is 18.2 Å². The van der Waals surface area contributed by atoms with Crippen molar-refractivity contribution in [3.05, 3.63) is 58.6 Å². The summed E-state index contributed by atoms with van der Waals surface area (Å²) in [7, 11) is 0. The maximum Gasteiger partial charge on any atom is 0.236 e. The maximum absolute atomic E-state index is 12.4. The normalized spacial score (nSPS) is 10.9. The summed E-state index contributed by atoms with van der Waals surface area (Å²) in [6, 6.07) is 12.1. The van der Waals surface area contributed by atoms with E-state index in [9.17, 15) is 4.79 Å². The number of oxazole rings is 1. The van der Waals surface area contributed by atoms with Crippen LogP contribution in [0.15, 0.2) is 56.5 Å². The van der Waals surface area contributed by atoms with E-state index in [1.165, 1.54) is 16.2 Å². The van der Waals surface area contributed by atoms with E-state index in [-0.39, 0.29) is 12.3 Å². The minimum absolute atomic E-state index is 0.151. The molecular formula is C20H17N3O2S3. The number of aryl methyl sites for hydroxylation is 1. The van der Waals surface area contributed by atoms with Crippen LogP contribution in [0.5, 0.6) is 0 Å². The largest absolute Gasteiger partial charge is 0.440 e. The number of thiophene rings is 1. The molecule has 0 spiro atoms.